The van der Waals surface area contributed by atoms with E-state index >= 15 is 0 Å². The van der Waals surface area contributed by atoms with Gasteiger partial charge < -0.3 is 14.8 Å². The second-order valence-corrected chi connectivity index (χ2v) is 6.58. The number of carbonyl (C=O) groups excluding carboxylic acids is 2. The van der Waals surface area contributed by atoms with Gasteiger partial charge in [-0.1, -0.05) is 13.0 Å². The van der Waals surface area contributed by atoms with Crippen LogP contribution >= 0.6 is 0 Å². The van der Waals surface area contributed by atoms with Crippen LogP contribution in [0.4, 0.5) is 5.69 Å². The van der Waals surface area contributed by atoms with Crippen molar-refractivity contribution in [2.24, 2.45) is 5.10 Å². The lowest BCUT2D eigenvalue weighted by Gasteiger charge is -2.10. The summed E-state index contributed by atoms with van der Waals surface area (Å²) in [6.45, 7) is 6.58. The highest BCUT2D eigenvalue weighted by Gasteiger charge is 2.10. The average molecular weight is 397 g/mol. The summed E-state index contributed by atoms with van der Waals surface area (Å²) in [6.07, 6.45) is 2.05. The van der Waals surface area contributed by atoms with E-state index in [0.29, 0.717) is 23.8 Å². The highest BCUT2D eigenvalue weighted by molar-refractivity contribution is 6.03. The third-order valence-corrected chi connectivity index (χ3v) is 4.16. The number of nitrogens with zero attached hydrogens (tertiary/aromatic N) is 1. The second kappa shape index (κ2) is 10.8. The minimum atomic E-state index is -0.502. The quantitative estimate of drug-likeness (QED) is 0.385. The summed E-state index contributed by atoms with van der Waals surface area (Å²) in [6, 6.07) is 10.9. The van der Waals surface area contributed by atoms with Crippen LogP contribution in [-0.4, -0.2) is 31.7 Å². The normalized spacial score (nSPS) is 10.6. The molecule has 0 fully saturated rings. The number of benzene rings is 2. The van der Waals surface area contributed by atoms with E-state index < -0.39 is 11.8 Å². The molecule has 0 heterocycles. The van der Waals surface area contributed by atoms with Gasteiger partial charge >= 0.3 is 0 Å². The monoisotopic (exact) mass is 397 g/mol. The highest BCUT2D eigenvalue weighted by Crippen LogP contribution is 2.27. The molecule has 7 heteroatoms. The van der Waals surface area contributed by atoms with Crippen LogP contribution in [0.3, 0.4) is 0 Å². The predicted octanol–water partition coefficient (Wildman–Crippen LogP) is 3.58. The molecule has 0 aliphatic heterocycles. The maximum absolute atomic E-state index is 12.0. The largest absolute Gasteiger partial charge is 0.493 e. The minimum Gasteiger partial charge on any atom is -0.493 e. The van der Waals surface area contributed by atoms with Crippen LogP contribution < -0.4 is 20.2 Å². The standard InChI is InChI=1S/C22H27N3O4/c1-5-10-29-19-9-7-17(12-20(19)28-4)14-23-25-22(27)13-21(26)24-18-8-6-15(2)16(3)11-18/h6-9,11-12,14H,5,10,13H2,1-4H3,(H,24,26)(H,25,27). The first-order valence-corrected chi connectivity index (χ1v) is 9.42. The van der Waals surface area contributed by atoms with Crippen LogP contribution in [0.5, 0.6) is 11.5 Å². The SMILES string of the molecule is CCCOc1ccc(C=NNC(=O)CC(=O)Nc2ccc(C)c(C)c2)cc1OC. The first-order valence-electron chi connectivity index (χ1n) is 9.42. The summed E-state index contributed by atoms with van der Waals surface area (Å²) in [7, 11) is 1.56. The van der Waals surface area contributed by atoms with Crippen LogP contribution in [0.2, 0.25) is 0 Å². The van der Waals surface area contributed by atoms with Crippen LogP contribution in [0.25, 0.3) is 0 Å². The lowest BCUT2D eigenvalue weighted by atomic mass is 10.1. The van der Waals surface area contributed by atoms with Crippen molar-refractivity contribution in [1.29, 1.82) is 0 Å². The third kappa shape index (κ3) is 6.95. The van der Waals surface area contributed by atoms with Crippen LogP contribution in [0.1, 0.15) is 36.5 Å². The molecule has 2 amide bonds. The lowest BCUT2D eigenvalue weighted by Crippen LogP contribution is -2.24. The topological polar surface area (TPSA) is 89.0 Å². The van der Waals surface area contributed by atoms with E-state index in [1.807, 2.05) is 32.9 Å². The molecular formula is C22H27N3O4. The van der Waals surface area contributed by atoms with Crippen molar-refractivity contribution in [3.05, 3.63) is 53.1 Å². The molecule has 2 rings (SSSR count). The van der Waals surface area contributed by atoms with Gasteiger partial charge in [0.05, 0.1) is 19.9 Å². The van der Waals surface area contributed by atoms with Crippen molar-refractivity contribution in [3.63, 3.8) is 0 Å². The van der Waals surface area contributed by atoms with Crippen molar-refractivity contribution in [3.8, 4) is 11.5 Å². The summed E-state index contributed by atoms with van der Waals surface area (Å²) in [5.74, 6) is 0.331. The Hall–Kier alpha value is -3.35. The Morgan fingerprint density at radius 2 is 1.83 bits per heavy atom. The molecule has 2 aromatic rings. The van der Waals surface area contributed by atoms with E-state index in [-0.39, 0.29) is 6.42 Å². The Labute approximate surface area is 171 Å². The zero-order valence-electron chi connectivity index (χ0n) is 17.2. The van der Waals surface area contributed by atoms with Gasteiger partial charge in [0.1, 0.15) is 6.42 Å². The number of carbonyl (C=O) groups is 2. The predicted molar refractivity (Wildman–Crippen MR) is 114 cm³/mol. The first-order chi connectivity index (χ1) is 13.9. The smallest absolute Gasteiger partial charge is 0.249 e. The number of hydrogen-bond acceptors (Lipinski definition) is 5. The Balaban J connectivity index is 1.86. The Morgan fingerprint density at radius 3 is 2.52 bits per heavy atom. The second-order valence-electron chi connectivity index (χ2n) is 6.58. The number of ether oxygens (including phenoxy) is 2. The van der Waals surface area contributed by atoms with Crippen molar-refractivity contribution in [2.75, 3.05) is 19.0 Å². The molecule has 0 aliphatic rings. The maximum Gasteiger partial charge on any atom is 0.249 e. The molecule has 29 heavy (non-hydrogen) atoms. The van der Waals surface area contributed by atoms with Crippen molar-refractivity contribution in [1.82, 2.24) is 5.43 Å². The van der Waals surface area contributed by atoms with Crippen LogP contribution in [0, 0.1) is 13.8 Å². The molecule has 0 spiro atoms. The van der Waals surface area contributed by atoms with E-state index in [2.05, 4.69) is 15.8 Å². The molecule has 2 N–H and O–H groups in total. The van der Waals surface area contributed by atoms with Gasteiger partial charge in [-0.15, -0.1) is 0 Å². The van der Waals surface area contributed by atoms with Gasteiger partial charge in [0, 0.05) is 5.69 Å². The molecule has 0 unspecified atom stereocenters. The van der Waals surface area contributed by atoms with Crippen LogP contribution in [-0.2, 0) is 9.59 Å². The number of nitrogens with one attached hydrogen (secondary N) is 2. The van der Waals surface area contributed by atoms with Crippen molar-refractivity contribution < 1.29 is 19.1 Å². The van der Waals surface area contributed by atoms with E-state index in [4.69, 9.17) is 9.47 Å². The third-order valence-electron chi connectivity index (χ3n) is 4.16. The number of hydrazone groups is 1. The first kappa shape index (κ1) is 21.9. The molecule has 2 aromatic carbocycles. The summed E-state index contributed by atoms with van der Waals surface area (Å²) in [5, 5.41) is 6.60. The molecule has 0 atom stereocenters. The van der Waals surface area contributed by atoms with E-state index in [1.54, 1.807) is 31.4 Å². The number of rotatable bonds is 9. The Bertz CT molecular complexity index is 894. The summed E-state index contributed by atoms with van der Waals surface area (Å²) in [5.41, 5.74) is 5.94. The number of amides is 2. The van der Waals surface area contributed by atoms with Gasteiger partial charge in [0.2, 0.25) is 11.8 Å². The number of methoxy groups -OCH3 is 1. The maximum atomic E-state index is 12.0. The van der Waals surface area contributed by atoms with Gasteiger partial charge in [0.25, 0.3) is 0 Å². The fourth-order valence-corrected chi connectivity index (χ4v) is 2.48. The molecule has 7 nitrogen and oxygen atoms in total. The Morgan fingerprint density at radius 1 is 1.03 bits per heavy atom. The van der Waals surface area contributed by atoms with Gasteiger partial charge in [-0.25, -0.2) is 5.43 Å². The molecule has 0 saturated carbocycles. The Kier molecular flexibility index (Phi) is 8.21. The number of aryl methyl sites for hydroxylation is 2. The zero-order valence-corrected chi connectivity index (χ0v) is 17.2. The number of anilines is 1. The minimum absolute atomic E-state index is 0.322. The summed E-state index contributed by atoms with van der Waals surface area (Å²) < 4.78 is 10.9. The molecule has 0 radical (unpaired) electrons. The van der Waals surface area contributed by atoms with Crippen LogP contribution in [0.15, 0.2) is 41.5 Å². The molecular weight excluding hydrogens is 370 g/mol. The lowest BCUT2D eigenvalue weighted by molar-refractivity contribution is -0.126. The molecule has 0 aliphatic carbocycles. The molecule has 0 bridgehead atoms. The van der Waals surface area contributed by atoms with Gasteiger partial charge in [-0.05, 0) is 67.3 Å². The van der Waals surface area contributed by atoms with Gasteiger partial charge in [0.15, 0.2) is 11.5 Å². The molecule has 154 valence electrons. The van der Waals surface area contributed by atoms with E-state index in [1.165, 1.54) is 6.21 Å². The van der Waals surface area contributed by atoms with Crippen molar-refractivity contribution >= 4 is 23.7 Å². The van der Waals surface area contributed by atoms with Gasteiger partial charge in [-0.2, -0.15) is 5.10 Å². The summed E-state index contributed by atoms with van der Waals surface area (Å²) in [4.78, 5) is 23.9. The van der Waals surface area contributed by atoms with E-state index in [0.717, 1.165) is 23.1 Å². The van der Waals surface area contributed by atoms with E-state index in [9.17, 15) is 9.59 Å². The summed E-state index contributed by atoms with van der Waals surface area (Å²) >= 11 is 0. The van der Waals surface area contributed by atoms with Gasteiger partial charge in [-0.3, -0.25) is 9.59 Å². The highest BCUT2D eigenvalue weighted by atomic mass is 16.5. The zero-order chi connectivity index (χ0) is 21.2. The molecule has 0 aromatic heterocycles. The fraction of sp³-hybridized carbons (Fsp3) is 0.318. The average Bonchev–Trinajstić information content (AvgIpc) is 2.69. The number of hydrogen-bond donors (Lipinski definition) is 2. The fourth-order valence-electron chi connectivity index (χ4n) is 2.48. The van der Waals surface area contributed by atoms with Crippen molar-refractivity contribution in [2.45, 2.75) is 33.6 Å². The molecule has 0 saturated heterocycles.